The van der Waals surface area contributed by atoms with Crippen LogP contribution in [0.3, 0.4) is 0 Å². The predicted octanol–water partition coefficient (Wildman–Crippen LogP) is 3.38. The Balaban J connectivity index is 2.50. The van der Waals surface area contributed by atoms with Gasteiger partial charge in [-0.05, 0) is 46.6 Å². The molecule has 3 nitrogen and oxygen atoms in total. The molecular weight excluding hydrogens is 339 g/mol. The minimum atomic E-state index is -0.0913. The molecule has 0 fully saturated rings. The van der Waals surface area contributed by atoms with Crippen LogP contribution in [-0.4, -0.2) is 11.9 Å². The van der Waals surface area contributed by atoms with E-state index in [1.54, 1.807) is 0 Å². The van der Waals surface area contributed by atoms with Crippen LogP contribution in [0.5, 0.6) is 0 Å². The summed E-state index contributed by atoms with van der Waals surface area (Å²) in [5.74, 6) is -0.0177. The minimum absolute atomic E-state index is 0.0177. The van der Waals surface area contributed by atoms with E-state index in [1.165, 1.54) is 0 Å². The molecule has 100 valence electrons. The van der Waals surface area contributed by atoms with Crippen LogP contribution in [0.1, 0.15) is 33.6 Å². The second-order valence-electron chi connectivity index (χ2n) is 5.76. The van der Waals surface area contributed by atoms with Crippen molar-refractivity contribution >= 4 is 34.2 Å². The maximum absolute atomic E-state index is 11.9. The molecule has 0 saturated heterocycles. The molecule has 0 aromatic heterocycles. The van der Waals surface area contributed by atoms with Crippen molar-refractivity contribution in [3.05, 3.63) is 27.8 Å². The van der Waals surface area contributed by atoms with E-state index in [0.717, 1.165) is 15.7 Å². The van der Waals surface area contributed by atoms with Gasteiger partial charge in [-0.2, -0.15) is 0 Å². The van der Waals surface area contributed by atoms with Gasteiger partial charge in [0.1, 0.15) is 0 Å². The van der Waals surface area contributed by atoms with E-state index in [4.69, 9.17) is 5.73 Å². The minimum Gasteiger partial charge on any atom is -0.327 e. The zero-order valence-corrected chi connectivity index (χ0v) is 13.3. The van der Waals surface area contributed by atoms with E-state index in [0.29, 0.717) is 6.42 Å². The van der Waals surface area contributed by atoms with Crippen LogP contribution < -0.4 is 11.1 Å². The van der Waals surface area contributed by atoms with Gasteiger partial charge in [-0.25, -0.2) is 0 Å². The Labute approximate surface area is 123 Å². The topological polar surface area (TPSA) is 55.1 Å². The Kier molecular flexibility index (Phi) is 5.59. The van der Waals surface area contributed by atoms with Gasteiger partial charge in [0, 0.05) is 16.0 Å². The van der Waals surface area contributed by atoms with Gasteiger partial charge in [-0.15, -0.1) is 0 Å². The molecule has 4 heteroatoms. The standard InChI is InChI=1S/C14H21IN2O/c1-14(2,3)9-10(16)8-13(18)17-12-7-5-4-6-11(12)15/h4-7,10H,8-9,16H2,1-3H3,(H,17,18). The van der Waals surface area contributed by atoms with Crippen LogP contribution in [-0.2, 0) is 4.79 Å². The summed E-state index contributed by atoms with van der Waals surface area (Å²) in [6, 6.07) is 7.63. The third-order valence-corrected chi connectivity index (χ3v) is 3.41. The molecule has 0 saturated carbocycles. The molecule has 0 spiro atoms. The number of nitrogens with one attached hydrogen (secondary N) is 1. The van der Waals surface area contributed by atoms with Gasteiger partial charge in [0.15, 0.2) is 0 Å². The van der Waals surface area contributed by atoms with Gasteiger partial charge in [0.25, 0.3) is 0 Å². The lowest BCUT2D eigenvalue weighted by atomic mass is 9.87. The number of benzene rings is 1. The molecular formula is C14H21IN2O. The highest BCUT2D eigenvalue weighted by molar-refractivity contribution is 14.1. The summed E-state index contributed by atoms with van der Waals surface area (Å²) in [6.07, 6.45) is 1.20. The molecule has 3 N–H and O–H groups in total. The van der Waals surface area contributed by atoms with Crippen molar-refractivity contribution < 1.29 is 4.79 Å². The Hall–Kier alpha value is -0.620. The first-order valence-electron chi connectivity index (χ1n) is 6.08. The summed E-state index contributed by atoms with van der Waals surface area (Å²) >= 11 is 2.20. The highest BCUT2D eigenvalue weighted by Gasteiger charge is 2.18. The zero-order valence-electron chi connectivity index (χ0n) is 11.2. The van der Waals surface area contributed by atoms with Gasteiger partial charge < -0.3 is 11.1 Å². The number of carbonyl (C=O) groups excluding carboxylic acids is 1. The van der Waals surface area contributed by atoms with E-state index in [9.17, 15) is 4.79 Å². The lowest BCUT2D eigenvalue weighted by Crippen LogP contribution is -2.31. The van der Waals surface area contributed by atoms with Crippen molar-refractivity contribution in [2.75, 3.05) is 5.32 Å². The zero-order chi connectivity index (χ0) is 13.8. The Morgan fingerprint density at radius 2 is 2.00 bits per heavy atom. The van der Waals surface area contributed by atoms with Crippen LogP contribution >= 0.6 is 22.6 Å². The molecule has 0 heterocycles. The molecule has 1 amide bonds. The maximum Gasteiger partial charge on any atom is 0.225 e. The van der Waals surface area contributed by atoms with Crippen LogP contribution in [0, 0.1) is 8.99 Å². The summed E-state index contributed by atoms with van der Waals surface area (Å²) in [7, 11) is 0. The fourth-order valence-corrected chi connectivity index (χ4v) is 2.38. The van der Waals surface area contributed by atoms with Crippen LogP contribution in [0.4, 0.5) is 5.69 Å². The number of hydrogen-bond acceptors (Lipinski definition) is 2. The third kappa shape index (κ3) is 5.82. The average molecular weight is 360 g/mol. The van der Waals surface area contributed by atoms with Gasteiger partial charge in [0.2, 0.25) is 5.91 Å². The summed E-state index contributed by atoms with van der Waals surface area (Å²) in [6.45, 7) is 6.39. The molecule has 18 heavy (non-hydrogen) atoms. The van der Waals surface area contributed by atoms with Gasteiger partial charge in [-0.1, -0.05) is 32.9 Å². The van der Waals surface area contributed by atoms with E-state index in [1.807, 2.05) is 24.3 Å². The fraction of sp³-hybridized carbons (Fsp3) is 0.500. The van der Waals surface area contributed by atoms with E-state index in [-0.39, 0.29) is 17.4 Å². The summed E-state index contributed by atoms with van der Waals surface area (Å²) < 4.78 is 1.04. The SMILES string of the molecule is CC(C)(C)CC(N)CC(=O)Nc1ccccc1I. The summed E-state index contributed by atoms with van der Waals surface area (Å²) in [5, 5.41) is 2.90. The lowest BCUT2D eigenvalue weighted by Gasteiger charge is -2.22. The molecule has 0 radical (unpaired) electrons. The number of carbonyl (C=O) groups is 1. The van der Waals surface area contributed by atoms with Crippen molar-refractivity contribution in [2.45, 2.75) is 39.7 Å². The monoisotopic (exact) mass is 360 g/mol. The Bertz CT molecular complexity index is 413. The summed E-state index contributed by atoms with van der Waals surface area (Å²) in [5.41, 5.74) is 7.00. The van der Waals surface area contributed by atoms with Gasteiger partial charge >= 0.3 is 0 Å². The average Bonchev–Trinajstić information content (AvgIpc) is 2.18. The quantitative estimate of drug-likeness (QED) is 0.809. The van der Waals surface area contributed by atoms with Crippen molar-refractivity contribution in [3.63, 3.8) is 0 Å². The maximum atomic E-state index is 11.9. The van der Waals surface area contributed by atoms with Crippen molar-refractivity contribution in [2.24, 2.45) is 11.1 Å². The normalized spacial score (nSPS) is 13.2. The second-order valence-corrected chi connectivity index (χ2v) is 6.92. The molecule has 1 rings (SSSR count). The lowest BCUT2D eigenvalue weighted by molar-refractivity contribution is -0.116. The smallest absolute Gasteiger partial charge is 0.225 e. The van der Waals surface area contributed by atoms with Gasteiger partial charge in [0.05, 0.1) is 5.69 Å². The third-order valence-electron chi connectivity index (χ3n) is 2.47. The number of amides is 1. The van der Waals surface area contributed by atoms with E-state index >= 15 is 0 Å². The molecule has 1 aromatic rings. The van der Waals surface area contributed by atoms with Crippen molar-refractivity contribution in [1.82, 2.24) is 0 Å². The fourth-order valence-electron chi connectivity index (χ4n) is 1.86. The number of para-hydroxylation sites is 1. The van der Waals surface area contributed by atoms with Crippen molar-refractivity contribution in [3.8, 4) is 0 Å². The largest absolute Gasteiger partial charge is 0.327 e. The Morgan fingerprint density at radius 1 is 1.39 bits per heavy atom. The number of nitrogens with two attached hydrogens (primary N) is 1. The Morgan fingerprint density at radius 3 is 2.56 bits per heavy atom. The molecule has 0 aliphatic heterocycles. The number of anilines is 1. The highest BCUT2D eigenvalue weighted by atomic mass is 127. The molecule has 0 aliphatic rings. The van der Waals surface area contributed by atoms with Gasteiger partial charge in [-0.3, -0.25) is 4.79 Å². The first-order chi connectivity index (χ1) is 8.28. The first kappa shape index (κ1) is 15.4. The molecule has 0 aliphatic carbocycles. The summed E-state index contributed by atoms with van der Waals surface area (Å²) in [4.78, 5) is 11.9. The van der Waals surface area contributed by atoms with E-state index < -0.39 is 0 Å². The highest BCUT2D eigenvalue weighted by Crippen LogP contribution is 2.22. The van der Waals surface area contributed by atoms with Crippen LogP contribution in [0.25, 0.3) is 0 Å². The number of halogens is 1. The van der Waals surface area contributed by atoms with Crippen LogP contribution in [0.2, 0.25) is 0 Å². The first-order valence-corrected chi connectivity index (χ1v) is 7.16. The number of rotatable bonds is 4. The molecule has 1 unspecified atom stereocenters. The number of hydrogen-bond donors (Lipinski definition) is 2. The molecule has 1 atom stereocenters. The van der Waals surface area contributed by atoms with E-state index in [2.05, 4.69) is 48.7 Å². The molecule has 1 aromatic carbocycles. The van der Waals surface area contributed by atoms with Crippen molar-refractivity contribution in [1.29, 1.82) is 0 Å². The van der Waals surface area contributed by atoms with Crippen LogP contribution in [0.15, 0.2) is 24.3 Å². The second kappa shape index (κ2) is 6.52. The molecule has 0 bridgehead atoms. The predicted molar refractivity (Wildman–Crippen MR) is 84.5 cm³/mol.